The summed E-state index contributed by atoms with van der Waals surface area (Å²) in [5.74, 6) is 1.73. The van der Waals surface area contributed by atoms with E-state index in [-0.39, 0.29) is 24.0 Å². The Balaban J connectivity index is 0.00000363. The van der Waals surface area contributed by atoms with Gasteiger partial charge in [-0.2, -0.15) is 0 Å². The lowest BCUT2D eigenvalue weighted by atomic mass is 10.1. The minimum Gasteiger partial charge on any atom is -0.357 e. The summed E-state index contributed by atoms with van der Waals surface area (Å²) < 4.78 is 0. The Hall–Kier alpha value is -1.59. The molecule has 0 bridgehead atoms. The molecule has 3 rings (SSSR count). The molecule has 1 aromatic carbocycles. The third kappa shape index (κ3) is 8.40. The van der Waals surface area contributed by atoms with Crippen molar-refractivity contribution in [3.05, 3.63) is 47.8 Å². The third-order valence-electron chi connectivity index (χ3n) is 5.35. The van der Waals surface area contributed by atoms with Gasteiger partial charge in [-0.3, -0.25) is 4.90 Å². The molecule has 0 amide bonds. The van der Waals surface area contributed by atoms with E-state index in [9.17, 15) is 0 Å². The minimum atomic E-state index is 0. The largest absolute Gasteiger partial charge is 0.357 e. The number of piperazine rings is 1. The molecule has 176 valence electrons. The van der Waals surface area contributed by atoms with Crippen LogP contribution in [0.3, 0.4) is 0 Å². The Labute approximate surface area is 213 Å². The van der Waals surface area contributed by atoms with Gasteiger partial charge in [0, 0.05) is 56.6 Å². The zero-order valence-corrected chi connectivity index (χ0v) is 22.5. The molecule has 2 aromatic rings. The van der Waals surface area contributed by atoms with Crippen molar-refractivity contribution in [3.63, 3.8) is 0 Å². The van der Waals surface area contributed by atoms with Crippen LogP contribution in [-0.4, -0.2) is 72.9 Å². The van der Waals surface area contributed by atoms with Crippen molar-refractivity contribution in [2.24, 2.45) is 4.99 Å². The zero-order chi connectivity index (χ0) is 21.9. The van der Waals surface area contributed by atoms with E-state index in [4.69, 9.17) is 4.99 Å². The molecule has 1 fully saturated rings. The molecule has 0 atom stereocenters. The number of anilines is 1. The maximum Gasteiger partial charge on any atom is 0.225 e. The molecule has 2 heterocycles. The van der Waals surface area contributed by atoms with Gasteiger partial charge in [0.25, 0.3) is 0 Å². The molecule has 0 radical (unpaired) electrons. The average molecular weight is 570 g/mol. The topological polar surface area (TPSA) is 68.7 Å². The maximum atomic E-state index is 4.80. The fourth-order valence-electron chi connectivity index (χ4n) is 3.62. The summed E-state index contributed by atoms with van der Waals surface area (Å²) in [6.07, 6.45) is 6.83. The molecule has 1 aliphatic heterocycles. The lowest BCUT2D eigenvalue weighted by Crippen LogP contribution is -2.47. The fraction of sp³-hybridized carbons (Fsp3) is 0.522. The third-order valence-corrected chi connectivity index (χ3v) is 6.17. The number of halogens is 1. The van der Waals surface area contributed by atoms with Crippen LogP contribution in [0.15, 0.2) is 46.5 Å². The van der Waals surface area contributed by atoms with E-state index in [0.29, 0.717) is 6.54 Å². The highest BCUT2D eigenvalue weighted by atomic mass is 127. The molecular weight excluding hydrogens is 533 g/mol. The first-order chi connectivity index (χ1) is 15.2. The minimum absolute atomic E-state index is 0. The van der Waals surface area contributed by atoms with E-state index in [2.05, 4.69) is 68.7 Å². The van der Waals surface area contributed by atoms with E-state index < -0.39 is 0 Å². The molecule has 9 heteroatoms. The maximum absolute atomic E-state index is 4.80. The van der Waals surface area contributed by atoms with Crippen molar-refractivity contribution in [1.29, 1.82) is 0 Å². The summed E-state index contributed by atoms with van der Waals surface area (Å²) in [5, 5.41) is 6.85. The second kappa shape index (κ2) is 14.5. The summed E-state index contributed by atoms with van der Waals surface area (Å²) in [6, 6.07) is 8.45. The Kier molecular flexibility index (Phi) is 12.1. The quantitative estimate of drug-likeness (QED) is 0.158. The first-order valence-corrected chi connectivity index (χ1v) is 12.3. The second-order valence-electron chi connectivity index (χ2n) is 7.67. The second-order valence-corrected chi connectivity index (χ2v) is 8.52. The van der Waals surface area contributed by atoms with Gasteiger partial charge in [-0.25, -0.2) is 15.0 Å². The number of thioether (sulfide) groups is 1. The number of aromatic nitrogens is 2. The summed E-state index contributed by atoms with van der Waals surface area (Å²) in [7, 11) is 0. The highest BCUT2D eigenvalue weighted by Gasteiger charge is 2.18. The Morgan fingerprint density at radius 3 is 2.56 bits per heavy atom. The van der Waals surface area contributed by atoms with Gasteiger partial charge >= 0.3 is 0 Å². The van der Waals surface area contributed by atoms with Gasteiger partial charge < -0.3 is 15.5 Å². The summed E-state index contributed by atoms with van der Waals surface area (Å²) in [6.45, 7) is 11.9. The van der Waals surface area contributed by atoms with Gasteiger partial charge in [0.2, 0.25) is 5.95 Å². The number of guanidine groups is 1. The van der Waals surface area contributed by atoms with E-state index in [1.54, 1.807) is 11.8 Å². The van der Waals surface area contributed by atoms with E-state index in [1.165, 1.54) is 16.0 Å². The molecule has 1 saturated heterocycles. The number of nitrogens with zero attached hydrogens (tertiary/aromatic N) is 5. The van der Waals surface area contributed by atoms with Crippen LogP contribution >= 0.6 is 35.7 Å². The number of aliphatic imine (C=N–C) groups is 1. The number of hydrogen-bond donors (Lipinski definition) is 2. The molecule has 0 saturated carbocycles. The van der Waals surface area contributed by atoms with Crippen LogP contribution in [0.4, 0.5) is 5.95 Å². The van der Waals surface area contributed by atoms with Gasteiger partial charge in [-0.05, 0) is 56.3 Å². The van der Waals surface area contributed by atoms with Crippen LogP contribution in [0.25, 0.3) is 0 Å². The normalized spacial score (nSPS) is 14.7. The van der Waals surface area contributed by atoms with Crippen LogP contribution in [0.2, 0.25) is 0 Å². The lowest BCUT2D eigenvalue weighted by molar-refractivity contribution is 0.254. The summed E-state index contributed by atoms with van der Waals surface area (Å²) in [5.41, 5.74) is 2.56. The van der Waals surface area contributed by atoms with Gasteiger partial charge in [0.05, 0.1) is 6.54 Å². The van der Waals surface area contributed by atoms with Gasteiger partial charge in [0.1, 0.15) is 0 Å². The van der Waals surface area contributed by atoms with Crippen LogP contribution < -0.4 is 15.5 Å². The molecule has 32 heavy (non-hydrogen) atoms. The smallest absolute Gasteiger partial charge is 0.225 e. The molecule has 0 aliphatic carbocycles. The lowest BCUT2D eigenvalue weighted by Gasteiger charge is -2.34. The molecule has 0 unspecified atom stereocenters. The number of rotatable bonds is 9. The van der Waals surface area contributed by atoms with Crippen molar-refractivity contribution >= 4 is 47.6 Å². The number of aryl methyl sites for hydroxylation is 1. The Morgan fingerprint density at radius 2 is 1.88 bits per heavy atom. The van der Waals surface area contributed by atoms with Gasteiger partial charge in [0.15, 0.2) is 5.96 Å². The fourth-order valence-corrected chi connectivity index (χ4v) is 4.32. The SMILES string of the molecule is CCNC(=NCc1ccc(C)cc1SC)NCCCN1CCN(c2ncccn2)CC1.I. The molecule has 0 spiro atoms. The van der Waals surface area contributed by atoms with E-state index in [1.807, 2.05) is 18.5 Å². The van der Waals surface area contributed by atoms with Crippen molar-refractivity contribution in [2.75, 3.05) is 57.0 Å². The first-order valence-electron chi connectivity index (χ1n) is 11.1. The van der Waals surface area contributed by atoms with Crippen LogP contribution in [0, 0.1) is 6.92 Å². The van der Waals surface area contributed by atoms with Crippen LogP contribution in [-0.2, 0) is 6.54 Å². The van der Waals surface area contributed by atoms with E-state index >= 15 is 0 Å². The Morgan fingerprint density at radius 1 is 1.12 bits per heavy atom. The molecular formula is C23H36IN7S. The van der Waals surface area contributed by atoms with Crippen molar-refractivity contribution < 1.29 is 0 Å². The summed E-state index contributed by atoms with van der Waals surface area (Å²) in [4.78, 5) is 19.6. The average Bonchev–Trinajstić information content (AvgIpc) is 2.81. The van der Waals surface area contributed by atoms with Crippen LogP contribution in [0.5, 0.6) is 0 Å². The number of benzene rings is 1. The standard InChI is InChI=1S/C23H35N7S.HI/c1-4-24-22(28-18-20-8-7-19(2)17-21(20)31-3)25-11-6-12-29-13-15-30(16-14-29)23-26-9-5-10-27-23;/h5,7-10,17H,4,6,11-16,18H2,1-3H3,(H2,24,25,28);1H. The zero-order valence-electron chi connectivity index (χ0n) is 19.4. The molecule has 7 nitrogen and oxygen atoms in total. The van der Waals surface area contributed by atoms with Crippen LogP contribution in [0.1, 0.15) is 24.5 Å². The number of hydrogen-bond acceptors (Lipinski definition) is 6. The first kappa shape index (κ1) is 26.7. The molecule has 1 aliphatic rings. The predicted octanol–water partition coefficient (Wildman–Crippen LogP) is 3.39. The number of nitrogens with one attached hydrogen (secondary N) is 2. The molecule has 2 N–H and O–H groups in total. The summed E-state index contributed by atoms with van der Waals surface area (Å²) >= 11 is 1.78. The van der Waals surface area contributed by atoms with E-state index in [0.717, 1.165) is 64.1 Å². The van der Waals surface area contributed by atoms with Crippen molar-refractivity contribution in [2.45, 2.75) is 31.7 Å². The monoisotopic (exact) mass is 569 g/mol. The predicted molar refractivity (Wildman–Crippen MR) is 146 cm³/mol. The molecule has 1 aromatic heterocycles. The highest BCUT2D eigenvalue weighted by Crippen LogP contribution is 2.22. The van der Waals surface area contributed by atoms with Gasteiger partial charge in [-0.1, -0.05) is 12.1 Å². The van der Waals surface area contributed by atoms with Gasteiger partial charge in [-0.15, -0.1) is 35.7 Å². The van der Waals surface area contributed by atoms with Crippen molar-refractivity contribution in [3.8, 4) is 0 Å². The Bertz CT molecular complexity index is 826. The highest BCUT2D eigenvalue weighted by molar-refractivity contribution is 14.0. The van der Waals surface area contributed by atoms with Crippen molar-refractivity contribution in [1.82, 2.24) is 25.5 Å².